The van der Waals surface area contributed by atoms with Gasteiger partial charge in [-0.05, 0) is 35.9 Å². The first-order valence-electron chi connectivity index (χ1n) is 6.88. The minimum absolute atomic E-state index is 0.195. The number of amides is 2. The van der Waals surface area contributed by atoms with Crippen LogP contribution in [0.1, 0.15) is 22.3 Å². The van der Waals surface area contributed by atoms with Crippen LogP contribution in [0.25, 0.3) is 0 Å². The van der Waals surface area contributed by atoms with Gasteiger partial charge in [-0.1, -0.05) is 29.8 Å². The molecule has 5 nitrogen and oxygen atoms in total. The molecule has 0 spiro atoms. The fourth-order valence-electron chi connectivity index (χ4n) is 1.92. The number of hydrogen-bond donors (Lipinski definition) is 2. The summed E-state index contributed by atoms with van der Waals surface area (Å²) >= 11 is 5.80. The van der Waals surface area contributed by atoms with Crippen LogP contribution in [0.5, 0.6) is 0 Å². The number of benzene rings is 2. The van der Waals surface area contributed by atoms with E-state index in [1.165, 1.54) is 0 Å². The number of para-hydroxylation sites is 1. The van der Waals surface area contributed by atoms with E-state index in [4.69, 9.17) is 16.9 Å². The van der Waals surface area contributed by atoms with Crippen LogP contribution in [0.15, 0.2) is 48.5 Å². The number of rotatable bonds is 5. The lowest BCUT2D eigenvalue weighted by Gasteiger charge is -2.11. The molecule has 0 radical (unpaired) electrons. The molecule has 116 valence electrons. The van der Waals surface area contributed by atoms with Gasteiger partial charge < -0.3 is 10.6 Å². The van der Waals surface area contributed by atoms with Crippen molar-refractivity contribution in [2.24, 2.45) is 0 Å². The SMILES string of the molecule is N#CCC(=O)NCc1ccccc1NC(=O)c1ccc(Cl)cc1. The molecule has 0 aliphatic rings. The van der Waals surface area contributed by atoms with Crippen LogP contribution in [-0.4, -0.2) is 11.8 Å². The maximum atomic E-state index is 12.2. The Labute approximate surface area is 138 Å². The molecule has 6 heteroatoms. The minimum atomic E-state index is -0.355. The maximum Gasteiger partial charge on any atom is 0.255 e. The number of nitriles is 1. The number of carbonyl (C=O) groups excluding carboxylic acids is 2. The lowest BCUT2D eigenvalue weighted by molar-refractivity contribution is -0.120. The van der Waals surface area contributed by atoms with Crippen LogP contribution in [0.4, 0.5) is 5.69 Å². The van der Waals surface area contributed by atoms with Crippen LogP contribution in [0, 0.1) is 11.3 Å². The van der Waals surface area contributed by atoms with Gasteiger partial charge in [-0.25, -0.2) is 0 Å². The zero-order chi connectivity index (χ0) is 16.7. The van der Waals surface area contributed by atoms with E-state index in [0.717, 1.165) is 5.56 Å². The fourth-order valence-corrected chi connectivity index (χ4v) is 2.05. The summed E-state index contributed by atoms with van der Waals surface area (Å²) in [7, 11) is 0. The molecule has 2 N–H and O–H groups in total. The van der Waals surface area contributed by atoms with E-state index in [1.54, 1.807) is 48.5 Å². The fraction of sp³-hybridized carbons (Fsp3) is 0.118. The van der Waals surface area contributed by atoms with E-state index in [-0.39, 0.29) is 24.8 Å². The van der Waals surface area contributed by atoms with Crippen molar-refractivity contribution in [1.29, 1.82) is 5.26 Å². The van der Waals surface area contributed by atoms with Crippen LogP contribution in [0.2, 0.25) is 5.02 Å². The largest absolute Gasteiger partial charge is 0.351 e. The predicted molar refractivity (Wildman–Crippen MR) is 87.9 cm³/mol. The van der Waals surface area contributed by atoms with Crippen LogP contribution in [-0.2, 0) is 11.3 Å². The van der Waals surface area contributed by atoms with E-state index in [2.05, 4.69) is 10.6 Å². The smallest absolute Gasteiger partial charge is 0.255 e. The molecule has 0 saturated carbocycles. The van der Waals surface area contributed by atoms with E-state index in [9.17, 15) is 9.59 Å². The van der Waals surface area contributed by atoms with Gasteiger partial charge in [0.2, 0.25) is 5.91 Å². The Morgan fingerprint density at radius 2 is 1.78 bits per heavy atom. The number of nitrogens with zero attached hydrogens (tertiary/aromatic N) is 1. The van der Waals surface area contributed by atoms with Crippen LogP contribution < -0.4 is 10.6 Å². The van der Waals surface area contributed by atoms with Gasteiger partial charge in [0.15, 0.2) is 0 Å². The van der Waals surface area contributed by atoms with Gasteiger partial charge >= 0.3 is 0 Å². The summed E-state index contributed by atoms with van der Waals surface area (Å²) in [6.45, 7) is 0.234. The Hall–Kier alpha value is -2.84. The average molecular weight is 328 g/mol. The summed E-state index contributed by atoms with van der Waals surface area (Å²) < 4.78 is 0. The molecule has 0 fully saturated rings. The first kappa shape index (κ1) is 16.5. The molecular weight excluding hydrogens is 314 g/mol. The number of nitrogens with one attached hydrogen (secondary N) is 2. The summed E-state index contributed by atoms with van der Waals surface area (Å²) in [5.74, 6) is -0.621. The maximum absolute atomic E-state index is 12.2. The first-order chi connectivity index (χ1) is 11.1. The van der Waals surface area contributed by atoms with Gasteiger partial charge in [-0.2, -0.15) is 5.26 Å². The summed E-state index contributed by atoms with van der Waals surface area (Å²) in [6.07, 6.45) is -0.195. The van der Waals surface area contributed by atoms with Gasteiger partial charge in [0.1, 0.15) is 6.42 Å². The summed E-state index contributed by atoms with van der Waals surface area (Å²) in [5, 5.41) is 14.5. The third-order valence-corrected chi connectivity index (χ3v) is 3.34. The Morgan fingerprint density at radius 3 is 2.48 bits per heavy atom. The minimum Gasteiger partial charge on any atom is -0.351 e. The molecule has 2 rings (SSSR count). The van der Waals surface area contributed by atoms with Gasteiger partial charge in [0, 0.05) is 22.8 Å². The van der Waals surface area contributed by atoms with E-state index in [1.807, 2.05) is 6.07 Å². The topological polar surface area (TPSA) is 82.0 Å². The molecule has 0 aliphatic carbocycles. The Kier molecular flexibility index (Phi) is 5.73. The molecule has 0 unspecified atom stereocenters. The van der Waals surface area contributed by atoms with Crippen molar-refractivity contribution in [2.45, 2.75) is 13.0 Å². The first-order valence-corrected chi connectivity index (χ1v) is 7.26. The normalized spacial score (nSPS) is 9.74. The van der Waals surface area contributed by atoms with Crippen molar-refractivity contribution in [3.05, 3.63) is 64.7 Å². The second kappa shape index (κ2) is 7.97. The molecule has 0 heterocycles. The molecule has 0 bridgehead atoms. The standard InChI is InChI=1S/C17H14ClN3O2/c18-14-7-5-12(6-8-14)17(23)21-15-4-2-1-3-13(15)11-20-16(22)9-10-19/h1-8H,9,11H2,(H,20,22)(H,21,23). The third kappa shape index (κ3) is 4.83. The number of anilines is 1. The van der Waals surface area contributed by atoms with Crippen molar-refractivity contribution in [1.82, 2.24) is 5.32 Å². The molecule has 2 aromatic rings. The second-order valence-corrected chi connectivity index (χ2v) is 5.17. The predicted octanol–water partition coefficient (Wildman–Crippen LogP) is 3.12. The van der Waals surface area contributed by atoms with Crippen molar-refractivity contribution in [3.63, 3.8) is 0 Å². The van der Waals surface area contributed by atoms with Gasteiger partial charge in [-0.3, -0.25) is 9.59 Å². The highest BCUT2D eigenvalue weighted by Crippen LogP contribution is 2.17. The second-order valence-electron chi connectivity index (χ2n) is 4.73. The molecule has 2 aromatic carbocycles. The highest BCUT2D eigenvalue weighted by atomic mass is 35.5. The molecule has 0 atom stereocenters. The number of carbonyl (C=O) groups is 2. The highest BCUT2D eigenvalue weighted by molar-refractivity contribution is 6.30. The third-order valence-electron chi connectivity index (χ3n) is 3.09. The van der Waals surface area contributed by atoms with E-state index >= 15 is 0 Å². The number of halogens is 1. The van der Waals surface area contributed by atoms with Crippen molar-refractivity contribution in [2.75, 3.05) is 5.32 Å². The van der Waals surface area contributed by atoms with Crippen molar-refractivity contribution in [3.8, 4) is 6.07 Å². The van der Waals surface area contributed by atoms with Gasteiger partial charge in [-0.15, -0.1) is 0 Å². The van der Waals surface area contributed by atoms with Crippen molar-refractivity contribution < 1.29 is 9.59 Å². The Bertz CT molecular complexity index is 751. The Morgan fingerprint density at radius 1 is 1.09 bits per heavy atom. The molecule has 23 heavy (non-hydrogen) atoms. The highest BCUT2D eigenvalue weighted by Gasteiger charge is 2.09. The van der Waals surface area contributed by atoms with Gasteiger partial charge in [0.05, 0.1) is 6.07 Å². The van der Waals surface area contributed by atoms with E-state index < -0.39 is 0 Å². The summed E-state index contributed by atoms with van der Waals surface area (Å²) in [5.41, 5.74) is 1.84. The zero-order valence-electron chi connectivity index (χ0n) is 12.2. The molecule has 0 aliphatic heterocycles. The van der Waals surface area contributed by atoms with Crippen LogP contribution in [0.3, 0.4) is 0 Å². The lowest BCUT2D eigenvalue weighted by Crippen LogP contribution is -2.23. The quantitative estimate of drug-likeness (QED) is 0.885. The van der Waals surface area contributed by atoms with Gasteiger partial charge in [0.25, 0.3) is 5.91 Å². The lowest BCUT2D eigenvalue weighted by atomic mass is 10.1. The number of hydrogen-bond acceptors (Lipinski definition) is 3. The molecule has 0 saturated heterocycles. The summed E-state index contributed by atoms with van der Waals surface area (Å²) in [6, 6.07) is 15.5. The summed E-state index contributed by atoms with van der Waals surface area (Å²) in [4.78, 5) is 23.6. The van der Waals surface area contributed by atoms with Crippen molar-refractivity contribution >= 4 is 29.1 Å². The Balaban J connectivity index is 2.08. The molecule has 0 aromatic heterocycles. The van der Waals surface area contributed by atoms with Crippen LogP contribution >= 0.6 is 11.6 Å². The molecular formula is C17H14ClN3O2. The average Bonchev–Trinajstić information content (AvgIpc) is 2.55. The monoisotopic (exact) mass is 327 g/mol. The zero-order valence-corrected chi connectivity index (χ0v) is 12.9. The van der Waals surface area contributed by atoms with E-state index in [0.29, 0.717) is 16.3 Å². The molecule has 2 amide bonds.